The van der Waals surface area contributed by atoms with Crippen LogP contribution in [0.1, 0.15) is 18.5 Å². The molecule has 1 heterocycles. The zero-order chi connectivity index (χ0) is 9.31. The first kappa shape index (κ1) is 8.97. The van der Waals surface area contributed by atoms with Gasteiger partial charge in [0, 0.05) is 17.3 Å². The van der Waals surface area contributed by atoms with Gasteiger partial charge in [0.25, 0.3) is 0 Å². The molecule has 0 bridgehead atoms. The molecule has 72 valence electrons. The smallest absolute Gasteiger partial charge is 0.182 e. The fraction of sp³-hybridized carbons (Fsp3) is 0.667. The summed E-state index contributed by atoms with van der Waals surface area (Å²) in [5.41, 5.74) is 1.22. The monoisotopic (exact) mass is 198 g/mol. The predicted molar refractivity (Wildman–Crippen MR) is 54.1 cm³/mol. The third kappa shape index (κ3) is 2.00. The summed E-state index contributed by atoms with van der Waals surface area (Å²) < 4.78 is 0. The number of nitrogens with zero attached hydrogens (tertiary/aromatic N) is 1. The quantitative estimate of drug-likeness (QED) is 0.773. The summed E-state index contributed by atoms with van der Waals surface area (Å²) in [5.74, 6) is 0. The van der Waals surface area contributed by atoms with E-state index in [0.717, 1.165) is 30.2 Å². The molecule has 0 radical (unpaired) electrons. The number of thiazole rings is 1. The van der Waals surface area contributed by atoms with Crippen molar-refractivity contribution in [3.63, 3.8) is 0 Å². The van der Waals surface area contributed by atoms with Gasteiger partial charge in [0.2, 0.25) is 0 Å². The van der Waals surface area contributed by atoms with E-state index in [1.165, 1.54) is 0 Å². The van der Waals surface area contributed by atoms with E-state index in [-0.39, 0.29) is 5.41 Å². The number of nitrogens with one attached hydrogen (secondary N) is 1. The molecule has 1 fully saturated rings. The minimum Gasteiger partial charge on any atom is -0.396 e. The van der Waals surface area contributed by atoms with Gasteiger partial charge in [-0.2, -0.15) is 0 Å². The summed E-state index contributed by atoms with van der Waals surface area (Å²) in [6.07, 6.45) is 2.28. The first-order chi connectivity index (χ1) is 6.24. The molecule has 0 spiro atoms. The number of anilines is 1. The highest BCUT2D eigenvalue weighted by atomic mass is 32.1. The van der Waals surface area contributed by atoms with E-state index in [1.54, 1.807) is 11.3 Å². The largest absolute Gasteiger partial charge is 0.396 e. The molecule has 1 saturated carbocycles. The summed E-state index contributed by atoms with van der Waals surface area (Å²) >= 11 is 1.62. The second kappa shape index (κ2) is 3.27. The Balaban J connectivity index is 1.86. The number of aryl methyl sites for hydroxylation is 1. The van der Waals surface area contributed by atoms with Crippen molar-refractivity contribution in [2.75, 3.05) is 18.5 Å². The normalized spacial score (nSPS) is 18.6. The Bertz CT molecular complexity index is 294. The number of hydrogen-bond donors (Lipinski definition) is 2. The van der Waals surface area contributed by atoms with Crippen molar-refractivity contribution in [3.8, 4) is 0 Å². The van der Waals surface area contributed by atoms with Crippen LogP contribution in [-0.2, 0) is 0 Å². The van der Waals surface area contributed by atoms with Gasteiger partial charge >= 0.3 is 0 Å². The highest BCUT2D eigenvalue weighted by molar-refractivity contribution is 7.13. The highest BCUT2D eigenvalue weighted by Crippen LogP contribution is 2.44. The van der Waals surface area contributed by atoms with Crippen LogP contribution in [0.2, 0.25) is 0 Å². The molecule has 2 N–H and O–H groups in total. The second-order valence-electron chi connectivity index (χ2n) is 3.81. The second-order valence-corrected chi connectivity index (χ2v) is 4.66. The first-order valence-corrected chi connectivity index (χ1v) is 5.39. The van der Waals surface area contributed by atoms with Crippen LogP contribution < -0.4 is 5.32 Å². The third-order valence-corrected chi connectivity index (χ3v) is 3.44. The van der Waals surface area contributed by atoms with E-state index in [9.17, 15) is 0 Å². The zero-order valence-electron chi connectivity index (χ0n) is 7.71. The van der Waals surface area contributed by atoms with Crippen LogP contribution in [0.4, 0.5) is 5.13 Å². The van der Waals surface area contributed by atoms with E-state index >= 15 is 0 Å². The Hall–Kier alpha value is -0.610. The van der Waals surface area contributed by atoms with Crippen molar-refractivity contribution < 1.29 is 5.11 Å². The molecular formula is C9H14N2OS. The Kier molecular flexibility index (Phi) is 2.26. The minimum absolute atomic E-state index is 0.166. The Labute approximate surface area is 81.8 Å². The van der Waals surface area contributed by atoms with Crippen LogP contribution in [0.25, 0.3) is 0 Å². The molecule has 0 aromatic carbocycles. The predicted octanol–water partition coefficient (Wildman–Crippen LogP) is 1.64. The van der Waals surface area contributed by atoms with E-state index in [4.69, 9.17) is 5.11 Å². The lowest BCUT2D eigenvalue weighted by Gasteiger charge is -2.11. The Morgan fingerprint density at radius 1 is 1.69 bits per heavy atom. The van der Waals surface area contributed by atoms with Crippen molar-refractivity contribution in [2.24, 2.45) is 5.41 Å². The summed E-state index contributed by atoms with van der Waals surface area (Å²) in [4.78, 5) is 4.30. The van der Waals surface area contributed by atoms with Crippen LogP contribution in [-0.4, -0.2) is 23.2 Å². The summed E-state index contributed by atoms with van der Waals surface area (Å²) in [6.45, 7) is 3.14. The van der Waals surface area contributed by atoms with Gasteiger partial charge in [-0.1, -0.05) is 0 Å². The van der Waals surface area contributed by atoms with Crippen molar-refractivity contribution in [1.82, 2.24) is 4.98 Å². The molecule has 0 aliphatic heterocycles. The molecule has 1 aliphatic rings. The zero-order valence-corrected chi connectivity index (χ0v) is 8.52. The topological polar surface area (TPSA) is 45.1 Å². The molecule has 0 saturated heterocycles. The summed E-state index contributed by atoms with van der Waals surface area (Å²) in [5, 5.41) is 15.3. The number of rotatable bonds is 4. The fourth-order valence-corrected chi connectivity index (χ4v) is 1.95. The molecule has 0 amide bonds. The molecule has 2 rings (SSSR count). The SMILES string of the molecule is Cc1csc(NCC2(CO)CC2)n1. The first-order valence-electron chi connectivity index (χ1n) is 4.51. The van der Waals surface area contributed by atoms with E-state index in [1.807, 2.05) is 12.3 Å². The molecule has 0 unspecified atom stereocenters. The fourth-order valence-electron chi connectivity index (χ4n) is 1.27. The van der Waals surface area contributed by atoms with Crippen LogP contribution in [0.3, 0.4) is 0 Å². The summed E-state index contributed by atoms with van der Waals surface area (Å²) in [6, 6.07) is 0. The maximum absolute atomic E-state index is 9.08. The number of hydrogen-bond acceptors (Lipinski definition) is 4. The van der Waals surface area contributed by atoms with Crippen molar-refractivity contribution in [3.05, 3.63) is 11.1 Å². The van der Waals surface area contributed by atoms with Crippen LogP contribution in [0, 0.1) is 12.3 Å². The van der Waals surface area contributed by atoms with E-state index in [0.29, 0.717) is 6.61 Å². The van der Waals surface area contributed by atoms with Gasteiger partial charge in [-0.3, -0.25) is 0 Å². The molecule has 4 heteroatoms. The lowest BCUT2D eigenvalue weighted by Crippen LogP contribution is -2.18. The molecule has 1 aliphatic carbocycles. The molecular weight excluding hydrogens is 184 g/mol. The maximum Gasteiger partial charge on any atom is 0.182 e. The molecule has 1 aromatic rings. The lowest BCUT2D eigenvalue weighted by molar-refractivity contribution is 0.220. The van der Waals surface area contributed by atoms with Crippen LogP contribution >= 0.6 is 11.3 Å². The minimum atomic E-state index is 0.166. The molecule has 13 heavy (non-hydrogen) atoms. The molecule has 3 nitrogen and oxygen atoms in total. The Morgan fingerprint density at radius 3 is 2.92 bits per heavy atom. The van der Waals surface area contributed by atoms with E-state index in [2.05, 4.69) is 10.3 Å². The van der Waals surface area contributed by atoms with Gasteiger partial charge in [-0.25, -0.2) is 4.98 Å². The third-order valence-electron chi connectivity index (χ3n) is 2.53. The molecule has 1 aromatic heterocycles. The average molecular weight is 198 g/mol. The van der Waals surface area contributed by atoms with Crippen molar-refractivity contribution in [1.29, 1.82) is 0 Å². The van der Waals surface area contributed by atoms with Gasteiger partial charge in [-0.05, 0) is 19.8 Å². The number of aromatic nitrogens is 1. The van der Waals surface area contributed by atoms with Gasteiger partial charge in [0.05, 0.1) is 12.3 Å². The standard InChI is InChI=1S/C9H14N2OS/c1-7-4-13-8(11-7)10-5-9(6-12)2-3-9/h4,12H,2-3,5-6H2,1H3,(H,10,11). The number of aliphatic hydroxyl groups excluding tert-OH is 1. The Morgan fingerprint density at radius 2 is 2.46 bits per heavy atom. The van der Waals surface area contributed by atoms with Gasteiger partial charge in [0.15, 0.2) is 5.13 Å². The van der Waals surface area contributed by atoms with Crippen LogP contribution in [0.15, 0.2) is 5.38 Å². The van der Waals surface area contributed by atoms with E-state index < -0.39 is 0 Å². The van der Waals surface area contributed by atoms with Gasteiger partial charge in [0.1, 0.15) is 0 Å². The summed E-state index contributed by atoms with van der Waals surface area (Å²) in [7, 11) is 0. The van der Waals surface area contributed by atoms with Crippen molar-refractivity contribution in [2.45, 2.75) is 19.8 Å². The van der Waals surface area contributed by atoms with Gasteiger partial charge in [-0.15, -0.1) is 11.3 Å². The van der Waals surface area contributed by atoms with Crippen LogP contribution in [0.5, 0.6) is 0 Å². The molecule has 0 atom stereocenters. The maximum atomic E-state index is 9.08. The number of aliphatic hydroxyl groups is 1. The lowest BCUT2D eigenvalue weighted by atomic mass is 10.1. The van der Waals surface area contributed by atoms with Gasteiger partial charge < -0.3 is 10.4 Å². The van der Waals surface area contributed by atoms with Crippen molar-refractivity contribution >= 4 is 16.5 Å². The average Bonchev–Trinajstić information content (AvgIpc) is 2.81. The highest BCUT2D eigenvalue weighted by Gasteiger charge is 2.41.